The Bertz CT molecular complexity index is 1420. The van der Waals surface area contributed by atoms with Gasteiger partial charge in [0.25, 0.3) is 0 Å². The smallest absolute Gasteiger partial charge is 0.459 e. The van der Waals surface area contributed by atoms with Gasteiger partial charge in [0.1, 0.15) is 29.8 Å². The average Bonchev–Trinajstić information content (AvgIpc) is 3.40. The van der Waals surface area contributed by atoms with Crippen molar-refractivity contribution in [1.29, 1.82) is 0 Å². The molecule has 1 aliphatic heterocycles. The number of imidazole rings is 1. The second-order valence-corrected chi connectivity index (χ2v) is 12.2. The number of rotatable bonds is 11. The van der Waals surface area contributed by atoms with Crippen molar-refractivity contribution in [1.82, 2.24) is 24.6 Å². The van der Waals surface area contributed by atoms with Gasteiger partial charge in [-0.1, -0.05) is 18.2 Å². The summed E-state index contributed by atoms with van der Waals surface area (Å²) in [5.41, 5.74) is -1.56. The second kappa shape index (κ2) is 12.0. The normalized spacial score (nSPS) is 24.8. The zero-order valence-corrected chi connectivity index (χ0v) is 24.9. The Morgan fingerprint density at radius 2 is 1.95 bits per heavy atom. The summed E-state index contributed by atoms with van der Waals surface area (Å²) >= 11 is 0. The summed E-state index contributed by atoms with van der Waals surface area (Å²) in [6.45, 7) is 7.17. The number of alkyl halides is 1. The fraction of sp³-hybridized carbons (Fsp3) is 0.538. The zero-order chi connectivity index (χ0) is 30.1. The van der Waals surface area contributed by atoms with E-state index in [0.717, 1.165) is 0 Å². The SMILES string of the molecule is Cc1nc(N(C)C)c2ncn([C@@H]3O[C@H](COP(=O)(N[C@H](C)C(=O)OC(C)C)Oc4ccccc4)[C@@H](O)[C@@]3(C)F)c2n1. The summed E-state index contributed by atoms with van der Waals surface area (Å²) in [4.78, 5) is 27.3. The first-order chi connectivity index (χ1) is 19.2. The Labute approximate surface area is 237 Å². The summed E-state index contributed by atoms with van der Waals surface area (Å²) in [7, 11) is -0.665. The number of carbonyl (C=O) groups is 1. The van der Waals surface area contributed by atoms with E-state index in [2.05, 4.69) is 20.0 Å². The number of carbonyl (C=O) groups excluding carboxylic acids is 1. The van der Waals surface area contributed by atoms with E-state index in [-0.39, 0.29) is 5.75 Å². The van der Waals surface area contributed by atoms with Gasteiger partial charge in [-0.05, 0) is 46.8 Å². The number of aryl methyl sites for hydroxylation is 1. The monoisotopic (exact) mass is 594 g/mol. The third-order valence-corrected chi connectivity index (χ3v) is 7.99. The molecule has 1 saturated heterocycles. The number of para-hydroxylation sites is 1. The fourth-order valence-electron chi connectivity index (χ4n) is 4.35. The van der Waals surface area contributed by atoms with E-state index in [1.807, 2.05) is 0 Å². The van der Waals surface area contributed by atoms with Gasteiger partial charge in [-0.3, -0.25) is 13.9 Å². The van der Waals surface area contributed by atoms with Crippen molar-refractivity contribution in [2.24, 2.45) is 0 Å². The molecule has 4 rings (SSSR count). The number of benzene rings is 1. The van der Waals surface area contributed by atoms with E-state index in [9.17, 15) is 14.5 Å². The average molecular weight is 595 g/mol. The van der Waals surface area contributed by atoms with Crippen LogP contribution < -0.4 is 14.5 Å². The van der Waals surface area contributed by atoms with Crippen molar-refractivity contribution < 1.29 is 37.4 Å². The molecule has 0 bridgehead atoms. The maximum Gasteiger partial charge on any atom is 0.459 e. The Morgan fingerprint density at radius 3 is 2.59 bits per heavy atom. The first kappa shape index (κ1) is 30.8. The number of aromatic nitrogens is 4. The van der Waals surface area contributed by atoms with Gasteiger partial charge in [0.2, 0.25) is 0 Å². The molecule has 1 aromatic carbocycles. The summed E-state index contributed by atoms with van der Waals surface area (Å²) in [5, 5.41) is 13.5. The molecular weight excluding hydrogens is 558 g/mol. The Morgan fingerprint density at radius 1 is 1.27 bits per heavy atom. The number of aliphatic hydroxyl groups excluding tert-OH is 1. The van der Waals surface area contributed by atoms with Crippen LogP contribution in [0.2, 0.25) is 0 Å². The quantitative estimate of drug-likeness (QED) is 0.248. The van der Waals surface area contributed by atoms with E-state index in [1.165, 1.54) is 24.7 Å². The molecule has 15 heteroatoms. The van der Waals surface area contributed by atoms with Gasteiger partial charge in [-0.2, -0.15) is 5.09 Å². The third kappa shape index (κ3) is 6.68. The number of hydrogen-bond donors (Lipinski definition) is 2. The molecule has 41 heavy (non-hydrogen) atoms. The van der Waals surface area contributed by atoms with Crippen LogP contribution in [0.25, 0.3) is 11.2 Å². The minimum Gasteiger partial charge on any atom is -0.462 e. The fourth-order valence-corrected chi connectivity index (χ4v) is 5.85. The Kier molecular flexibility index (Phi) is 9.00. The van der Waals surface area contributed by atoms with Crippen LogP contribution in [0.15, 0.2) is 36.7 Å². The van der Waals surface area contributed by atoms with Crippen LogP contribution in [0, 0.1) is 6.92 Å². The molecule has 224 valence electrons. The number of nitrogens with zero attached hydrogens (tertiary/aromatic N) is 5. The lowest BCUT2D eigenvalue weighted by atomic mass is 9.98. The zero-order valence-electron chi connectivity index (χ0n) is 24.0. The molecule has 0 saturated carbocycles. The maximum atomic E-state index is 16.1. The van der Waals surface area contributed by atoms with Gasteiger partial charge in [-0.25, -0.2) is 23.9 Å². The largest absolute Gasteiger partial charge is 0.462 e. The molecule has 1 unspecified atom stereocenters. The maximum absolute atomic E-state index is 16.1. The standard InChI is InChI=1S/C26H36FN6O7P/c1-15(2)38-24(35)16(3)31-41(36,40-18-11-9-8-10-12-18)37-13-19-21(34)26(5,27)25(39-19)33-14-28-20-22(32(6)7)29-17(4)30-23(20)33/h8-12,14-16,19,21,25,34H,13H2,1-7H3,(H,31,36)/t16-,19-,21-,25-,26-,41?/m1/s1. The summed E-state index contributed by atoms with van der Waals surface area (Å²) in [5.74, 6) is 0.512. The number of ether oxygens (including phenoxy) is 2. The van der Waals surface area contributed by atoms with Crippen molar-refractivity contribution in [3.63, 3.8) is 0 Å². The molecular formula is C26H36FN6O7P. The molecule has 0 radical (unpaired) electrons. The van der Waals surface area contributed by atoms with Gasteiger partial charge in [-0.15, -0.1) is 0 Å². The molecule has 0 amide bonds. The molecule has 1 aliphatic rings. The predicted molar refractivity (Wildman–Crippen MR) is 148 cm³/mol. The highest BCUT2D eigenvalue weighted by Crippen LogP contribution is 2.48. The highest BCUT2D eigenvalue weighted by Gasteiger charge is 2.56. The second-order valence-electron chi connectivity index (χ2n) is 10.5. The molecule has 13 nitrogen and oxygen atoms in total. The number of hydrogen-bond acceptors (Lipinski definition) is 11. The lowest BCUT2D eigenvalue weighted by molar-refractivity contribution is -0.149. The van der Waals surface area contributed by atoms with Crippen molar-refractivity contribution in [2.75, 3.05) is 25.6 Å². The van der Waals surface area contributed by atoms with E-state index < -0.39 is 56.6 Å². The van der Waals surface area contributed by atoms with Gasteiger partial charge in [0, 0.05) is 14.1 Å². The van der Waals surface area contributed by atoms with E-state index in [4.69, 9.17) is 18.5 Å². The van der Waals surface area contributed by atoms with Gasteiger partial charge >= 0.3 is 13.7 Å². The van der Waals surface area contributed by atoms with E-state index in [0.29, 0.717) is 22.8 Å². The molecule has 0 aliphatic carbocycles. The Hall–Kier alpha value is -3.16. The number of anilines is 1. The van der Waals surface area contributed by atoms with Gasteiger partial charge in [0.05, 0.1) is 19.0 Å². The van der Waals surface area contributed by atoms with Gasteiger partial charge in [0.15, 0.2) is 28.9 Å². The molecule has 3 heterocycles. The summed E-state index contributed by atoms with van der Waals surface area (Å²) < 4.78 is 53.6. The third-order valence-electron chi connectivity index (χ3n) is 6.34. The molecule has 1 fully saturated rings. The van der Waals surface area contributed by atoms with Crippen molar-refractivity contribution in [3.05, 3.63) is 42.5 Å². The summed E-state index contributed by atoms with van der Waals surface area (Å²) in [6.07, 6.45) is -3.32. The number of halogens is 1. The molecule has 6 atom stereocenters. The number of nitrogens with one attached hydrogen (secondary N) is 1. The number of fused-ring (bicyclic) bond motifs is 1. The van der Waals surface area contributed by atoms with Crippen LogP contribution in [0.1, 0.15) is 39.7 Å². The van der Waals surface area contributed by atoms with Gasteiger partial charge < -0.3 is 24.0 Å². The van der Waals surface area contributed by atoms with E-state index >= 15 is 4.39 Å². The van der Waals surface area contributed by atoms with Crippen LogP contribution in [0.5, 0.6) is 5.75 Å². The first-order valence-corrected chi connectivity index (χ1v) is 14.6. The van der Waals surface area contributed by atoms with E-state index in [1.54, 1.807) is 70.1 Å². The highest BCUT2D eigenvalue weighted by molar-refractivity contribution is 7.52. The first-order valence-electron chi connectivity index (χ1n) is 13.1. The minimum absolute atomic E-state index is 0.200. The van der Waals surface area contributed by atoms with Crippen LogP contribution in [0.4, 0.5) is 10.2 Å². The van der Waals surface area contributed by atoms with Crippen molar-refractivity contribution in [3.8, 4) is 5.75 Å². The molecule has 2 aromatic heterocycles. The minimum atomic E-state index is -4.27. The van der Waals surface area contributed by atoms with Crippen LogP contribution in [-0.4, -0.2) is 81.3 Å². The molecule has 3 aromatic rings. The lowest BCUT2D eigenvalue weighted by Gasteiger charge is -2.25. The Balaban J connectivity index is 1.57. The highest BCUT2D eigenvalue weighted by atomic mass is 31.2. The summed E-state index contributed by atoms with van der Waals surface area (Å²) in [6, 6.07) is 7.11. The van der Waals surface area contributed by atoms with Crippen LogP contribution in [0.3, 0.4) is 0 Å². The van der Waals surface area contributed by atoms with Crippen LogP contribution >= 0.6 is 7.75 Å². The lowest BCUT2D eigenvalue weighted by Crippen LogP contribution is -2.41. The van der Waals surface area contributed by atoms with Crippen molar-refractivity contribution >= 4 is 30.7 Å². The predicted octanol–water partition coefficient (Wildman–Crippen LogP) is 3.32. The van der Waals surface area contributed by atoms with Crippen molar-refractivity contribution in [2.45, 2.75) is 70.9 Å². The number of esters is 1. The topological polar surface area (TPSA) is 150 Å². The number of aliphatic hydroxyl groups is 1. The van der Waals surface area contributed by atoms with Crippen LogP contribution in [-0.2, 0) is 23.4 Å². The molecule has 2 N–H and O–H groups in total. The molecule has 0 spiro atoms.